The number of nitrogens with zero attached hydrogens (tertiary/aromatic N) is 5. The molecule has 0 radical (unpaired) electrons. The number of hydrogen-bond acceptors (Lipinski definition) is 7. The molecule has 46 heavy (non-hydrogen) atoms. The third-order valence-corrected chi connectivity index (χ3v) is 8.86. The normalized spacial score (nSPS) is 16.9. The Morgan fingerprint density at radius 1 is 0.957 bits per heavy atom. The monoisotopic (exact) mass is 637 g/mol. The number of carbonyl (C=O) groups excluding carboxylic acids is 1. The molecule has 0 spiro atoms. The van der Waals surface area contributed by atoms with Crippen molar-refractivity contribution in [2.45, 2.75) is 39.2 Å². The molecule has 0 saturated heterocycles. The van der Waals surface area contributed by atoms with Crippen LogP contribution in [-0.2, 0) is 21.9 Å². The van der Waals surface area contributed by atoms with Gasteiger partial charge in [-0.15, -0.1) is 0 Å². The Bertz CT molecular complexity index is 2120. The first-order valence-electron chi connectivity index (χ1n) is 15.0. The van der Waals surface area contributed by atoms with E-state index in [2.05, 4.69) is 20.1 Å². The summed E-state index contributed by atoms with van der Waals surface area (Å²) in [6.07, 6.45) is 7.96. The first-order valence-corrected chi connectivity index (χ1v) is 16.9. The molecular formula is C34H35N7O4S. The van der Waals surface area contributed by atoms with Gasteiger partial charge in [0, 0.05) is 42.0 Å². The molecule has 5 aromatic rings. The molecule has 0 aliphatic carbocycles. The third kappa shape index (κ3) is 6.47. The van der Waals surface area contributed by atoms with Crippen molar-refractivity contribution in [2.75, 3.05) is 16.3 Å². The molecule has 1 amide bonds. The minimum absolute atomic E-state index is 0.0737. The van der Waals surface area contributed by atoms with Gasteiger partial charge in [0.1, 0.15) is 0 Å². The van der Waals surface area contributed by atoms with Gasteiger partial charge < -0.3 is 5.32 Å². The van der Waals surface area contributed by atoms with Gasteiger partial charge in [-0.2, -0.15) is 5.10 Å². The van der Waals surface area contributed by atoms with Crippen LogP contribution in [0.2, 0.25) is 0 Å². The van der Waals surface area contributed by atoms with Crippen LogP contribution in [0.3, 0.4) is 0 Å². The Morgan fingerprint density at radius 2 is 1.78 bits per heavy atom. The molecule has 2 atom stereocenters. The Morgan fingerprint density at radius 3 is 2.57 bits per heavy atom. The number of benzene rings is 2. The van der Waals surface area contributed by atoms with Gasteiger partial charge in [-0.05, 0) is 61.2 Å². The van der Waals surface area contributed by atoms with Crippen molar-refractivity contribution in [1.29, 1.82) is 0 Å². The van der Waals surface area contributed by atoms with Gasteiger partial charge in [0.2, 0.25) is 15.9 Å². The zero-order valence-corrected chi connectivity index (χ0v) is 26.9. The van der Waals surface area contributed by atoms with Crippen LogP contribution in [0.4, 0.5) is 11.4 Å². The van der Waals surface area contributed by atoms with Gasteiger partial charge in [-0.3, -0.25) is 28.5 Å². The van der Waals surface area contributed by atoms with E-state index in [0.717, 1.165) is 39.8 Å². The number of pyridine rings is 1. The van der Waals surface area contributed by atoms with E-state index in [1.807, 2.05) is 57.3 Å². The largest absolute Gasteiger partial charge is 0.323 e. The van der Waals surface area contributed by atoms with E-state index in [9.17, 15) is 18.0 Å². The lowest BCUT2D eigenvalue weighted by Gasteiger charge is -2.22. The fraction of sp³-hybridized carbons (Fsp3) is 0.265. The van der Waals surface area contributed by atoms with Crippen molar-refractivity contribution < 1.29 is 13.2 Å². The van der Waals surface area contributed by atoms with Crippen LogP contribution in [0.25, 0.3) is 33.6 Å². The lowest BCUT2D eigenvalue weighted by atomic mass is 9.95. The average molecular weight is 638 g/mol. The highest BCUT2D eigenvalue weighted by molar-refractivity contribution is 7.92. The predicted molar refractivity (Wildman–Crippen MR) is 179 cm³/mol. The SMILES string of the molecule is Cc1ccc(-c2cccc(NS(C)(=O)=O)c2)c(-c2cc(=O)n([C@H]3CCC[C@@H](C)C(=O)Nc4cnn(C)c4-c4ccnc3c4)cn2)c1. The summed E-state index contributed by atoms with van der Waals surface area (Å²) in [5.41, 5.74) is 6.97. The van der Waals surface area contributed by atoms with Crippen molar-refractivity contribution in [3.8, 4) is 33.6 Å². The number of aryl methyl sites for hydroxylation is 2. The van der Waals surface area contributed by atoms with Crippen LogP contribution in [-0.4, -0.2) is 44.9 Å². The van der Waals surface area contributed by atoms with E-state index < -0.39 is 16.1 Å². The number of amides is 1. The lowest BCUT2D eigenvalue weighted by Crippen LogP contribution is -2.27. The molecule has 3 aromatic heterocycles. The lowest BCUT2D eigenvalue weighted by molar-refractivity contribution is -0.119. The number of carbonyl (C=O) groups is 1. The van der Waals surface area contributed by atoms with E-state index in [0.29, 0.717) is 42.0 Å². The number of fused-ring (bicyclic) bond motifs is 4. The van der Waals surface area contributed by atoms with E-state index in [1.165, 1.54) is 6.07 Å². The van der Waals surface area contributed by atoms with Gasteiger partial charge in [0.05, 0.1) is 47.6 Å². The number of hydrogen-bond donors (Lipinski definition) is 2. The van der Waals surface area contributed by atoms with E-state index in [1.54, 1.807) is 46.2 Å². The maximum absolute atomic E-state index is 13.9. The topological polar surface area (TPSA) is 141 Å². The maximum Gasteiger partial charge on any atom is 0.254 e. The van der Waals surface area contributed by atoms with E-state index in [4.69, 9.17) is 4.98 Å². The molecule has 0 unspecified atom stereocenters. The Kier molecular flexibility index (Phi) is 8.30. The van der Waals surface area contributed by atoms with Crippen LogP contribution in [0, 0.1) is 12.8 Å². The smallest absolute Gasteiger partial charge is 0.254 e. The average Bonchev–Trinajstić information content (AvgIpc) is 3.37. The zero-order chi connectivity index (χ0) is 32.6. The molecular weight excluding hydrogens is 602 g/mol. The first-order chi connectivity index (χ1) is 22.0. The Balaban J connectivity index is 1.42. The highest BCUT2D eigenvalue weighted by atomic mass is 32.2. The number of rotatable bonds is 5. The summed E-state index contributed by atoms with van der Waals surface area (Å²) in [6, 6.07) is 17.9. The predicted octanol–water partition coefficient (Wildman–Crippen LogP) is 5.40. The molecule has 2 N–H and O–H groups in total. The molecule has 6 rings (SSSR count). The standard InChI is InChI=1S/C34H35N7O4S/c1-21-11-12-26(23-8-6-9-25(16-23)39-46(4,44)45)27(15-21)28-18-32(42)41(20-36-28)31-10-5-7-22(2)34(43)38-30-19-37-40(3)33(30)24-13-14-35-29(31)17-24/h6,8-9,11-20,22,31,39H,5,7,10H2,1-4H3,(H,38,43)/t22-,31+/m1/s1. The maximum atomic E-state index is 13.9. The molecule has 4 heterocycles. The van der Waals surface area contributed by atoms with Gasteiger partial charge in [0.15, 0.2) is 0 Å². The summed E-state index contributed by atoms with van der Waals surface area (Å²) in [4.78, 5) is 36.3. The molecule has 0 saturated carbocycles. The number of nitrogens with one attached hydrogen (secondary N) is 2. The minimum Gasteiger partial charge on any atom is -0.323 e. The zero-order valence-electron chi connectivity index (χ0n) is 26.1. The number of sulfonamides is 1. The second-order valence-electron chi connectivity index (χ2n) is 11.9. The van der Waals surface area contributed by atoms with E-state index in [-0.39, 0.29) is 17.4 Å². The van der Waals surface area contributed by atoms with Crippen molar-refractivity contribution in [1.82, 2.24) is 24.3 Å². The molecule has 1 aliphatic rings. The van der Waals surface area contributed by atoms with Crippen molar-refractivity contribution >= 4 is 27.3 Å². The summed E-state index contributed by atoms with van der Waals surface area (Å²) in [5.74, 6) is -0.307. The summed E-state index contributed by atoms with van der Waals surface area (Å²) >= 11 is 0. The second kappa shape index (κ2) is 12.4. The van der Waals surface area contributed by atoms with Crippen LogP contribution in [0.1, 0.15) is 43.5 Å². The fourth-order valence-corrected chi connectivity index (χ4v) is 6.52. The summed E-state index contributed by atoms with van der Waals surface area (Å²) in [5, 5.41) is 7.40. The van der Waals surface area contributed by atoms with Gasteiger partial charge in [-0.1, -0.05) is 43.2 Å². The molecule has 0 fully saturated rings. The quantitative estimate of drug-likeness (QED) is 0.263. The second-order valence-corrected chi connectivity index (χ2v) is 13.6. The third-order valence-electron chi connectivity index (χ3n) is 8.25. The highest BCUT2D eigenvalue weighted by Crippen LogP contribution is 2.35. The summed E-state index contributed by atoms with van der Waals surface area (Å²) in [7, 11) is -1.63. The fourth-order valence-electron chi connectivity index (χ4n) is 5.96. The Hall–Kier alpha value is -5.10. The number of anilines is 2. The highest BCUT2D eigenvalue weighted by Gasteiger charge is 2.24. The van der Waals surface area contributed by atoms with Crippen LogP contribution < -0.4 is 15.6 Å². The van der Waals surface area contributed by atoms with Crippen molar-refractivity contribution in [3.05, 3.63) is 101 Å². The molecule has 236 valence electrons. The molecule has 12 heteroatoms. The van der Waals surface area contributed by atoms with Gasteiger partial charge >= 0.3 is 0 Å². The summed E-state index contributed by atoms with van der Waals surface area (Å²) in [6.45, 7) is 3.87. The molecule has 2 aromatic carbocycles. The van der Waals surface area contributed by atoms with Crippen molar-refractivity contribution in [3.63, 3.8) is 0 Å². The van der Waals surface area contributed by atoms with Crippen LogP contribution >= 0.6 is 0 Å². The van der Waals surface area contributed by atoms with Crippen LogP contribution in [0.5, 0.6) is 0 Å². The first kappa shape index (κ1) is 30.9. The molecule has 1 aliphatic heterocycles. The van der Waals surface area contributed by atoms with Crippen molar-refractivity contribution in [2.24, 2.45) is 13.0 Å². The van der Waals surface area contributed by atoms with Gasteiger partial charge in [-0.25, -0.2) is 13.4 Å². The Labute approximate surface area is 267 Å². The van der Waals surface area contributed by atoms with Gasteiger partial charge in [0.25, 0.3) is 5.56 Å². The van der Waals surface area contributed by atoms with Crippen LogP contribution in [0.15, 0.2) is 84.2 Å². The van der Waals surface area contributed by atoms with E-state index >= 15 is 0 Å². The minimum atomic E-state index is -3.45. The number of aromatic nitrogens is 5. The molecule has 11 nitrogen and oxygen atoms in total. The molecule has 2 bridgehead atoms. The summed E-state index contributed by atoms with van der Waals surface area (Å²) < 4.78 is 29.6.